The van der Waals surface area contributed by atoms with Crippen LogP contribution in [0.15, 0.2) is 48.7 Å². The van der Waals surface area contributed by atoms with Gasteiger partial charge in [0.15, 0.2) is 0 Å². The van der Waals surface area contributed by atoms with E-state index >= 15 is 0 Å². The lowest BCUT2D eigenvalue weighted by atomic mass is 9.70. The molecule has 2 heterocycles. The Morgan fingerprint density at radius 1 is 1.00 bits per heavy atom. The number of pyridine rings is 1. The van der Waals surface area contributed by atoms with Crippen LogP contribution >= 0.6 is 0 Å². The molecule has 0 spiro atoms. The summed E-state index contributed by atoms with van der Waals surface area (Å²) in [6, 6.07) is 14.5. The smallest absolute Gasteiger partial charge is 0.231 e. The molecule has 0 unspecified atom stereocenters. The van der Waals surface area contributed by atoms with Crippen molar-refractivity contribution >= 4 is 17.4 Å². The topological polar surface area (TPSA) is 39.7 Å². The second kappa shape index (κ2) is 10.1. The highest BCUT2D eigenvalue weighted by molar-refractivity contribution is 5.94. The van der Waals surface area contributed by atoms with Crippen molar-refractivity contribution in [1.82, 2.24) is 9.88 Å². The molecule has 1 aromatic carbocycles. The van der Waals surface area contributed by atoms with Crippen LogP contribution in [0.1, 0.15) is 37.7 Å². The van der Waals surface area contributed by atoms with Gasteiger partial charge in [0.25, 0.3) is 0 Å². The van der Waals surface area contributed by atoms with Gasteiger partial charge in [0.2, 0.25) is 5.91 Å². The highest BCUT2D eigenvalue weighted by Crippen LogP contribution is 2.27. The molecule has 1 aromatic heterocycles. The zero-order valence-corrected chi connectivity index (χ0v) is 18.2. The molecule has 1 saturated heterocycles. The zero-order chi connectivity index (χ0) is 20.8. The van der Waals surface area contributed by atoms with Crippen LogP contribution in [0.25, 0.3) is 0 Å². The van der Waals surface area contributed by atoms with Gasteiger partial charge >= 0.3 is 0 Å². The maximum Gasteiger partial charge on any atom is 0.231 e. The van der Waals surface area contributed by atoms with E-state index in [4.69, 9.17) is 0 Å². The normalized spacial score (nSPS) is 18.4. The fraction of sp³-hybridized carbons (Fsp3) is 0.520. The molecule has 2 aliphatic rings. The Morgan fingerprint density at radius 2 is 1.73 bits per heavy atom. The monoisotopic (exact) mass is 405 g/mol. The molecule has 0 bridgehead atoms. The SMILES string of the molecule is Cc1ccccc1N1CCN(CCN(c2ccccn2)[11C](=O)C2CCCCC2)CC1. The lowest BCUT2D eigenvalue weighted by Gasteiger charge is -2.38. The fourth-order valence-electron chi connectivity index (χ4n) is 4.79. The molecular formula is C25H34N4O. The van der Waals surface area contributed by atoms with Crippen LogP contribution in [0.2, 0.25) is 0 Å². The third kappa shape index (κ3) is 5.01. The summed E-state index contributed by atoms with van der Waals surface area (Å²) in [5, 5.41) is 0. The molecule has 160 valence electrons. The molecule has 2 aromatic rings. The van der Waals surface area contributed by atoms with Crippen LogP contribution in [0.5, 0.6) is 0 Å². The van der Waals surface area contributed by atoms with E-state index in [1.807, 2.05) is 23.1 Å². The maximum absolute atomic E-state index is 13.3. The Hall–Kier alpha value is -2.40. The zero-order valence-electron chi connectivity index (χ0n) is 18.2. The number of carbonyl (C=O) groups is 1. The number of piperazine rings is 1. The van der Waals surface area contributed by atoms with Crippen LogP contribution in [0, 0.1) is 12.8 Å². The molecule has 0 radical (unpaired) electrons. The van der Waals surface area contributed by atoms with Gasteiger partial charge in [-0.3, -0.25) is 14.6 Å². The minimum Gasteiger partial charge on any atom is -0.369 e. The summed E-state index contributed by atoms with van der Waals surface area (Å²) >= 11 is 0. The van der Waals surface area contributed by atoms with E-state index in [1.165, 1.54) is 30.5 Å². The largest absolute Gasteiger partial charge is 0.369 e. The Balaban J connectivity index is 1.36. The number of amides is 1. The second-order valence-corrected chi connectivity index (χ2v) is 8.63. The van der Waals surface area contributed by atoms with E-state index < -0.39 is 0 Å². The summed E-state index contributed by atoms with van der Waals surface area (Å²) in [6.45, 7) is 7.93. The molecule has 1 saturated carbocycles. The van der Waals surface area contributed by atoms with Crippen molar-refractivity contribution in [2.24, 2.45) is 5.92 Å². The third-order valence-electron chi connectivity index (χ3n) is 6.61. The van der Waals surface area contributed by atoms with Crippen molar-refractivity contribution in [3.63, 3.8) is 0 Å². The number of hydrogen-bond donors (Lipinski definition) is 0. The first-order valence-electron chi connectivity index (χ1n) is 11.5. The van der Waals surface area contributed by atoms with Crippen molar-refractivity contribution < 1.29 is 4.79 Å². The van der Waals surface area contributed by atoms with Gasteiger partial charge in [0, 0.05) is 57.1 Å². The van der Waals surface area contributed by atoms with Crippen molar-refractivity contribution in [3.05, 3.63) is 54.2 Å². The van der Waals surface area contributed by atoms with Crippen LogP contribution in [0.4, 0.5) is 11.5 Å². The van der Waals surface area contributed by atoms with Gasteiger partial charge in [-0.1, -0.05) is 43.5 Å². The number of aromatic nitrogens is 1. The molecule has 1 amide bonds. The number of aryl methyl sites for hydroxylation is 1. The van der Waals surface area contributed by atoms with Crippen molar-refractivity contribution in [3.8, 4) is 0 Å². The quantitative estimate of drug-likeness (QED) is 0.725. The molecular weight excluding hydrogens is 371 g/mol. The van der Waals surface area contributed by atoms with E-state index in [-0.39, 0.29) is 11.8 Å². The fourth-order valence-corrected chi connectivity index (χ4v) is 4.79. The number of para-hydroxylation sites is 1. The van der Waals surface area contributed by atoms with Crippen molar-refractivity contribution in [1.29, 1.82) is 0 Å². The summed E-state index contributed by atoms with van der Waals surface area (Å²) in [4.78, 5) is 24.7. The predicted octanol–water partition coefficient (Wildman–Crippen LogP) is 4.13. The molecule has 1 aliphatic heterocycles. The molecule has 4 rings (SSSR count). The Labute approximate surface area is 180 Å². The molecule has 2 fully saturated rings. The number of hydrogen-bond acceptors (Lipinski definition) is 4. The molecule has 0 atom stereocenters. The highest BCUT2D eigenvalue weighted by Gasteiger charge is 2.28. The van der Waals surface area contributed by atoms with Gasteiger partial charge in [-0.15, -0.1) is 0 Å². The van der Waals surface area contributed by atoms with E-state index in [2.05, 4.69) is 46.0 Å². The second-order valence-electron chi connectivity index (χ2n) is 8.63. The number of rotatable bonds is 6. The Morgan fingerprint density at radius 3 is 2.43 bits per heavy atom. The molecule has 0 N–H and O–H groups in total. The van der Waals surface area contributed by atoms with Crippen LogP contribution in [-0.2, 0) is 4.79 Å². The first kappa shape index (κ1) is 20.9. The average molecular weight is 406 g/mol. The van der Waals surface area contributed by atoms with Gasteiger partial charge in [-0.2, -0.15) is 0 Å². The van der Waals surface area contributed by atoms with Gasteiger partial charge in [0.1, 0.15) is 5.82 Å². The van der Waals surface area contributed by atoms with Crippen LogP contribution in [0.3, 0.4) is 0 Å². The minimum atomic E-state index is 0.165. The molecule has 1 aliphatic carbocycles. The lowest BCUT2D eigenvalue weighted by molar-refractivity contribution is -0.123. The summed E-state index contributed by atoms with van der Waals surface area (Å²) in [5.74, 6) is 1.23. The van der Waals surface area contributed by atoms with Gasteiger partial charge in [0.05, 0.1) is 0 Å². The number of anilines is 2. The van der Waals surface area contributed by atoms with Crippen molar-refractivity contribution in [2.75, 3.05) is 49.1 Å². The van der Waals surface area contributed by atoms with Gasteiger partial charge < -0.3 is 4.90 Å². The van der Waals surface area contributed by atoms with E-state index in [0.29, 0.717) is 0 Å². The maximum atomic E-state index is 13.3. The summed E-state index contributed by atoms with van der Waals surface area (Å²) in [7, 11) is 0. The summed E-state index contributed by atoms with van der Waals surface area (Å²) in [5.41, 5.74) is 2.69. The third-order valence-corrected chi connectivity index (χ3v) is 6.61. The standard InChI is InChI=1S/C25H34N4O/c1-21-9-5-6-12-23(21)28-18-15-27(16-19-28)17-20-29(24-13-7-8-14-26-24)25(30)22-10-3-2-4-11-22/h5-9,12-14,22H,2-4,10-11,15-20H2,1H3/i25-1. The lowest BCUT2D eigenvalue weighted by Crippen LogP contribution is -2.50. The summed E-state index contributed by atoms with van der Waals surface area (Å²) in [6.07, 6.45) is 7.45. The van der Waals surface area contributed by atoms with E-state index in [0.717, 1.165) is 57.9 Å². The Bertz CT molecular complexity index is 811. The summed E-state index contributed by atoms with van der Waals surface area (Å²) < 4.78 is 0. The van der Waals surface area contributed by atoms with Gasteiger partial charge in [-0.05, 0) is 43.5 Å². The highest BCUT2D eigenvalue weighted by atomic mass is 16.1. The average Bonchev–Trinajstić information content (AvgIpc) is 2.81. The number of carbonyl (C=O) groups excluding carboxylic acids is 1. The number of nitrogens with zero attached hydrogens (tertiary/aromatic N) is 4. The minimum absolute atomic E-state index is 0.165. The van der Waals surface area contributed by atoms with E-state index in [1.54, 1.807) is 6.20 Å². The Kier molecular flexibility index (Phi) is 7.00. The van der Waals surface area contributed by atoms with E-state index in [9.17, 15) is 4.79 Å². The molecule has 5 heteroatoms. The predicted molar refractivity (Wildman–Crippen MR) is 123 cm³/mol. The van der Waals surface area contributed by atoms with Gasteiger partial charge in [-0.25, -0.2) is 4.98 Å². The first-order chi connectivity index (χ1) is 14.7. The van der Waals surface area contributed by atoms with Crippen LogP contribution in [-0.4, -0.2) is 55.1 Å². The van der Waals surface area contributed by atoms with Crippen LogP contribution < -0.4 is 9.80 Å². The molecule has 5 nitrogen and oxygen atoms in total. The van der Waals surface area contributed by atoms with Crippen molar-refractivity contribution in [2.45, 2.75) is 39.0 Å². The molecule has 30 heavy (non-hydrogen) atoms. The number of benzene rings is 1. The first-order valence-corrected chi connectivity index (χ1v) is 11.5.